The molecule has 0 atom stereocenters. The Hall–Kier alpha value is -3.64. The van der Waals surface area contributed by atoms with Crippen LogP contribution in [0.15, 0.2) is 77.6 Å². The van der Waals surface area contributed by atoms with Crippen LogP contribution in [0.25, 0.3) is 10.9 Å². The first-order valence-electron chi connectivity index (χ1n) is 10.2. The van der Waals surface area contributed by atoms with Crippen LogP contribution in [0, 0.1) is 0 Å². The quantitative estimate of drug-likeness (QED) is 0.453. The van der Waals surface area contributed by atoms with Gasteiger partial charge in [-0.1, -0.05) is 41.9 Å². The molecule has 0 aliphatic rings. The highest BCUT2D eigenvalue weighted by Gasteiger charge is 2.18. The molecule has 0 fully saturated rings. The monoisotopic (exact) mass is 447 g/mol. The van der Waals surface area contributed by atoms with E-state index in [0.29, 0.717) is 46.0 Å². The largest absolute Gasteiger partial charge is 0.497 e. The van der Waals surface area contributed by atoms with Gasteiger partial charge in [-0.25, -0.2) is 4.98 Å². The molecule has 0 radical (unpaired) electrons. The molecule has 3 aromatic carbocycles. The van der Waals surface area contributed by atoms with E-state index < -0.39 is 0 Å². The van der Waals surface area contributed by atoms with Crippen molar-refractivity contribution in [3.63, 3.8) is 0 Å². The van der Waals surface area contributed by atoms with Gasteiger partial charge in [0.05, 0.1) is 24.6 Å². The standard InChI is InChI=1S/C25H22ClN3O3/c1-32-20-6-4-5-18(15-20)25(31)29(14-13-17-9-11-19(26)12-10-17)16-23-27-22-8-3-2-7-21(22)24(30)28-23/h2-12,15H,13-14,16H2,1H3,(H,27,28,30). The van der Waals surface area contributed by atoms with Crippen LogP contribution in [0.5, 0.6) is 5.75 Å². The molecule has 4 aromatic rings. The first-order valence-corrected chi connectivity index (χ1v) is 10.6. The van der Waals surface area contributed by atoms with E-state index in [0.717, 1.165) is 5.56 Å². The Bertz CT molecular complexity index is 1300. The van der Waals surface area contributed by atoms with E-state index in [1.165, 1.54) is 0 Å². The number of nitrogens with zero attached hydrogens (tertiary/aromatic N) is 2. The van der Waals surface area contributed by atoms with Gasteiger partial charge < -0.3 is 14.6 Å². The van der Waals surface area contributed by atoms with Crippen molar-refractivity contribution in [2.45, 2.75) is 13.0 Å². The Balaban J connectivity index is 1.63. The summed E-state index contributed by atoms with van der Waals surface area (Å²) in [6.07, 6.45) is 0.630. The van der Waals surface area contributed by atoms with Gasteiger partial charge >= 0.3 is 0 Å². The molecule has 0 aliphatic carbocycles. The van der Waals surface area contributed by atoms with Gasteiger partial charge in [0.15, 0.2) is 0 Å². The number of hydrogen-bond acceptors (Lipinski definition) is 4. The summed E-state index contributed by atoms with van der Waals surface area (Å²) < 4.78 is 5.26. The number of nitrogens with one attached hydrogen (secondary N) is 1. The molecule has 6 nitrogen and oxygen atoms in total. The Morgan fingerprint density at radius 2 is 1.84 bits per heavy atom. The van der Waals surface area contributed by atoms with Gasteiger partial charge in [-0.2, -0.15) is 0 Å². The topological polar surface area (TPSA) is 75.3 Å². The third kappa shape index (κ3) is 4.98. The van der Waals surface area contributed by atoms with Crippen LogP contribution in [-0.4, -0.2) is 34.4 Å². The number of amides is 1. The zero-order valence-corrected chi connectivity index (χ0v) is 18.3. The molecule has 0 aliphatic heterocycles. The molecule has 1 N–H and O–H groups in total. The summed E-state index contributed by atoms with van der Waals surface area (Å²) in [5, 5.41) is 1.18. The number of ether oxygens (including phenoxy) is 1. The molecule has 1 heterocycles. The normalized spacial score (nSPS) is 10.8. The molecule has 1 aromatic heterocycles. The molecular formula is C25H22ClN3O3. The van der Waals surface area contributed by atoms with Crippen molar-refractivity contribution in [1.29, 1.82) is 0 Å². The second kappa shape index (κ2) is 9.66. The van der Waals surface area contributed by atoms with Gasteiger partial charge in [0, 0.05) is 17.1 Å². The lowest BCUT2D eigenvalue weighted by Crippen LogP contribution is -2.34. The van der Waals surface area contributed by atoms with Crippen LogP contribution in [0.4, 0.5) is 0 Å². The first kappa shape index (κ1) is 21.6. The lowest BCUT2D eigenvalue weighted by molar-refractivity contribution is 0.0740. The minimum Gasteiger partial charge on any atom is -0.497 e. The average Bonchev–Trinajstić information content (AvgIpc) is 2.82. The summed E-state index contributed by atoms with van der Waals surface area (Å²) in [6.45, 7) is 0.609. The Morgan fingerprint density at radius 1 is 1.06 bits per heavy atom. The maximum absolute atomic E-state index is 13.4. The number of aromatic amines is 1. The highest BCUT2D eigenvalue weighted by molar-refractivity contribution is 6.30. The van der Waals surface area contributed by atoms with Gasteiger partial charge in [-0.15, -0.1) is 0 Å². The second-order valence-corrected chi connectivity index (χ2v) is 7.80. The molecule has 0 bridgehead atoms. The maximum atomic E-state index is 13.4. The zero-order chi connectivity index (χ0) is 22.5. The lowest BCUT2D eigenvalue weighted by Gasteiger charge is -2.23. The number of halogens is 1. The predicted octanol–water partition coefficient (Wildman–Crippen LogP) is 4.47. The van der Waals surface area contributed by atoms with Crippen molar-refractivity contribution in [3.05, 3.63) is 105 Å². The SMILES string of the molecule is COc1cccc(C(=O)N(CCc2ccc(Cl)cc2)Cc2nc3ccccc3c(=O)[nH]2)c1. The number of benzene rings is 3. The summed E-state index contributed by atoms with van der Waals surface area (Å²) in [5.74, 6) is 0.862. The fourth-order valence-corrected chi connectivity index (χ4v) is 3.62. The van der Waals surface area contributed by atoms with E-state index in [4.69, 9.17) is 16.3 Å². The molecule has 162 valence electrons. The summed E-state index contributed by atoms with van der Waals surface area (Å²) in [5.41, 5.74) is 1.93. The Morgan fingerprint density at radius 3 is 2.62 bits per heavy atom. The number of carbonyl (C=O) groups is 1. The number of para-hydroxylation sites is 1. The van der Waals surface area contributed by atoms with Crippen molar-refractivity contribution >= 4 is 28.4 Å². The number of hydrogen-bond donors (Lipinski definition) is 1. The maximum Gasteiger partial charge on any atom is 0.258 e. The molecule has 7 heteroatoms. The number of fused-ring (bicyclic) bond motifs is 1. The van der Waals surface area contributed by atoms with E-state index >= 15 is 0 Å². The van der Waals surface area contributed by atoms with E-state index in [-0.39, 0.29) is 18.0 Å². The smallest absolute Gasteiger partial charge is 0.258 e. The molecule has 0 saturated heterocycles. The van der Waals surface area contributed by atoms with Crippen LogP contribution in [0.2, 0.25) is 5.02 Å². The lowest BCUT2D eigenvalue weighted by atomic mass is 10.1. The van der Waals surface area contributed by atoms with Gasteiger partial charge in [0.25, 0.3) is 11.5 Å². The number of aromatic nitrogens is 2. The average molecular weight is 448 g/mol. The first-order chi connectivity index (χ1) is 15.5. The minimum atomic E-state index is -0.225. The number of carbonyl (C=O) groups excluding carboxylic acids is 1. The summed E-state index contributed by atoms with van der Waals surface area (Å²) in [6, 6.07) is 21.7. The summed E-state index contributed by atoms with van der Waals surface area (Å²) >= 11 is 5.98. The van der Waals surface area contributed by atoms with Crippen LogP contribution in [0.1, 0.15) is 21.7 Å². The van der Waals surface area contributed by atoms with Crippen LogP contribution in [-0.2, 0) is 13.0 Å². The fourth-order valence-electron chi connectivity index (χ4n) is 3.50. The third-order valence-corrected chi connectivity index (χ3v) is 5.44. The fraction of sp³-hybridized carbons (Fsp3) is 0.160. The van der Waals surface area contributed by atoms with E-state index in [1.54, 1.807) is 54.5 Å². The second-order valence-electron chi connectivity index (χ2n) is 7.36. The molecule has 0 saturated carbocycles. The van der Waals surface area contributed by atoms with Crippen molar-refractivity contribution < 1.29 is 9.53 Å². The summed E-state index contributed by atoms with van der Waals surface area (Å²) in [4.78, 5) is 34.9. The van der Waals surface area contributed by atoms with E-state index in [9.17, 15) is 9.59 Å². The number of methoxy groups -OCH3 is 1. The van der Waals surface area contributed by atoms with Crippen molar-refractivity contribution in [3.8, 4) is 5.75 Å². The van der Waals surface area contributed by atoms with Crippen molar-refractivity contribution in [1.82, 2.24) is 14.9 Å². The van der Waals surface area contributed by atoms with Crippen LogP contribution in [0.3, 0.4) is 0 Å². The third-order valence-electron chi connectivity index (χ3n) is 5.19. The van der Waals surface area contributed by atoms with Crippen LogP contribution < -0.4 is 10.3 Å². The molecule has 32 heavy (non-hydrogen) atoms. The summed E-state index contributed by atoms with van der Waals surface area (Å²) in [7, 11) is 1.56. The van der Waals surface area contributed by atoms with E-state index in [1.807, 2.05) is 30.3 Å². The molecular weight excluding hydrogens is 426 g/mol. The predicted molar refractivity (Wildman–Crippen MR) is 125 cm³/mol. The van der Waals surface area contributed by atoms with Crippen molar-refractivity contribution in [2.75, 3.05) is 13.7 Å². The highest BCUT2D eigenvalue weighted by Crippen LogP contribution is 2.17. The molecule has 0 unspecified atom stereocenters. The molecule has 0 spiro atoms. The Labute approximate surface area is 190 Å². The number of rotatable bonds is 7. The van der Waals surface area contributed by atoms with Gasteiger partial charge in [0.1, 0.15) is 11.6 Å². The van der Waals surface area contributed by atoms with Gasteiger partial charge in [0.2, 0.25) is 0 Å². The Kier molecular flexibility index (Phi) is 6.52. The van der Waals surface area contributed by atoms with Crippen LogP contribution >= 0.6 is 11.6 Å². The number of H-pyrrole nitrogens is 1. The van der Waals surface area contributed by atoms with Gasteiger partial charge in [-0.3, -0.25) is 9.59 Å². The zero-order valence-electron chi connectivity index (χ0n) is 17.5. The van der Waals surface area contributed by atoms with E-state index in [2.05, 4.69) is 9.97 Å². The minimum absolute atomic E-state index is 0.170. The molecule has 1 amide bonds. The highest BCUT2D eigenvalue weighted by atomic mass is 35.5. The molecule has 4 rings (SSSR count). The van der Waals surface area contributed by atoms with Crippen molar-refractivity contribution in [2.24, 2.45) is 0 Å². The van der Waals surface area contributed by atoms with Gasteiger partial charge in [-0.05, 0) is 54.4 Å².